The summed E-state index contributed by atoms with van der Waals surface area (Å²) >= 11 is 0. The van der Waals surface area contributed by atoms with Crippen LogP contribution in [-0.4, -0.2) is 24.0 Å². The largest absolute Gasteiger partial charge is 0.497 e. The van der Waals surface area contributed by atoms with E-state index in [2.05, 4.69) is 13.0 Å². The van der Waals surface area contributed by atoms with Crippen LogP contribution in [0.5, 0.6) is 11.5 Å². The lowest BCUT2D eigenvalue weighted by molar-refractivity contribution is 0.415. The summed E-state index contributed by atoms with van der Waals surface area (Å²) in [6.07, 6.45) is 0.794. The third-order valence-corrected chi connectivity index (χ3v) is 5.31. The van der Waals surface area contributed by atoms with Crippen molar-refractivity contribution >= 4 is 0 Å². The second-order valence-electron chi connectivity index (χ2n) is 7.28. The van der Waals surface area contributed by atoms with E-state index in [9.17, 15) is 4.39 Å². The normalized spacial score (nSPS) is 10.8. The fraction of sp³-hybridized carbons (Fsp3) is 0.192. The highest BCUT2D eigenvalue weighted by molar-refractivity contribution is 5.76. The molecule has 0 spiro atoms. The SMILES string of the molecule is CCc1c(-c2cccc(OC)c2)nn(Cc2cccc(F)c2)c1-c1cccc(OC)c1. The summed E-state index contributed by atoms with van der Waals surface area (Å²) in [6.45, 7) is 2.58. The molecule has 0 N–H and O–H groups in total. The molecule has 0 fully saturated rings. The van der Waals surface area contributed by atoms with Crippen molar-refractivity contribution in [2.45, 2.75) is 19.9 Å². The lowest BCUT2D eigenvalue weighted by atomic mass is 9.99. The molecule has 0 saturated heterocycles. The Bertz CT molecular complexity index is 1200. The van der Waals surface area contributed by atoms with Crippen LogP contribution >= 0.6 is 0 Å². The Hall–Kier alpha value is -3.60. The topological polar surface area (TPSA) is 36.3 Å². The second-order valence-corrected chi connectivity index (χ2v) is 7.28. The van der Waals surface area contributed by atoms with Crippen LogP contribution in [0.25, 0.3) is 22.5 Å². The summed E-state index contributed by atoms with van der Waals surface area (Å²) in [5.41, 5.74) is 5.87. The van der Waals surface area contributed by atoms with Gasteiger partial charge >= 0.3 is 0 Å². The van der Waals surface area contributed by atoms with Gasteiger partial charge in [-0.3, -0.25) is 4.68 Å². The highest BCUT2D eigenvalue weighted by Gasteiger charge is 2.20. The van der Waals surface area contributed by atoms with Crippen LogP contribution in [0.1, 0.15) is 18.1 Å². The molecule has 0 atom stereocenters. The van der Waals surface area contributed by atoms with Gasteiger partial charge in [0.25, 0.3) is 0 Å². The molecule has 4 rings (SSSR count). The fourth-order valence-electron chi connectivity index (χ4n) is 3.85. The molecule has 1 heterocycles. The average molecular weight is 416 g/mol. The predicted molar refractivity (Wildman–Crippen MR) is 121 cm³/mol. The van der Waals surface area contributed by atoms with E-state index in [-0.39, 0.29) is 5.82 Å². The van der Waals surface area contributed by atoms with Crippen LogP contribution in [0.3, 0.4) is 0 Å². The molecule has 31 heavy (non-hydrogen) atoms. The second kappa shape index (κ2) is 9.04. The Morgan fingerprint density at radius 1 is 0.839 bits per heavy atom. The molecule has 0 unspecified atom stereocenters. The van der Waals surface area contributed by atoms with Crippen molar-refractivity contribution in [2.75, 3.05) is 14.2 Å². The first-order valence-electron chi connectivity index (χ1n) is 10.3. The summed E-state index contributed by atoms with van der Waals surface area (Å²) in [7, 11) is 3.32. The molecule has 3 aromatic carbocycles. The minimum absolute atomic E-state index is 0.253. The number of methoxy groups -OCH3 is 2. The van der Waals surface area contributed by atoms with E-state index >= 15 is 0 Å². The number of benzene rings is 3. The van der Waals surface area contributed by atoms with Crippen LogP contribution in [0.2, 0.25) is 0 Å². The Kier molecular flexibility index (Phi) is 6.03. The molecule has 4 aromatic rings. The fourth-order valence-corrected chi connectivity index (χ4v) is 3.85. The number of ether oxygens (including phenoxy) is 2. The van der Waals surface area contributed by atoms with Gasteiger partial charge in [0.15, 0.2) is 0 Å². The van der Waals surface area contributed by atoms with Crippen molar-refractivity contribution in [1.29, 1.82) is 0 Å². The molecule has 0 aliphatic heterocycles. The van der Waals surface area contributed by atoms with Crippen LogP contribution in [0.4, 0.5) is 4.39 Å². The maximum Gasteiger partial charge on any atom is 0.123 e. The average Bonchev–Trinajstić information content (AvgIpc) is 3.17. The van der Waals surface area contributed by atoms with Gasteiger partial charge < -0.3 is 9.47 Å². The third kappa shape index (κ3) is 4.31. The van der Waals surface area contributed by atoms with Gasteiger partial charge in [0.1, 0.15) is 17.3 Å². The molecule has 0 saturated carbocycles. The maximum atomic E-state index is 13.8. The minimum Gasteiger partial charge on any atom is -0.497 e. The molecule has 4 nitrogen and oxygen atoms in total. The first-order chi connectivity index (χ1) is 15.1. The zero-order chi connectivity index (χ0) is 21.8. The number of hydrogen-bond acceptors (Lipinski definition) is 3. The summed E-state index contributed by atoms with van der Waals surface area (Å²) in [5.74, 6) is 1.31. The molecular formula is C26H25FN2O2. The minimum atomic E-state index is -0.253. The summed E-state index contributed by atoms with van der Waals surface area (Å²) < 4.78 is 26.7. The van der Waals surface area contributed by atoms with Crippen LogP contribution in [-0.2, 0) is 13.0 Å². The van der Waals surface area contributed by atoms with E-state index in [0.29, 0.717) is 6.54 Å². The molecule has 1 aromatic heterocycles. The van der Waals surface area contributed by atoms with E-state index in [1.165, 1.54) is 6.07 Å². The van der Waals surface area contributed by atoms with E-state index in [1.54, 1.807) is 26.4 Å². The van der Waals surface area contributed by atoms with E-state index < -0.39 is 0 Å². The molecule has 0 bridgehead atoms. The molecule has 0 radical (unpaired) electrons. The highest BCUT2D eigenvalue weighted by atomic mass is 19.1. The lowest BCUT2D eigenvalue weighted by Crippen LogP contribution is -2.05. The Morgan fingerprint density at radius 3 is 2.13 bits per heavy atom. The summed E-state index contributed by atoms with van der Waals surface area (Å²) in [4.78, 5) is 0. The van der Waals surface area contributed by atoms with Crippen molar-refractivity contribution in [3.8, 4) is 34.0 Å². The van der Waals surface area contributed by atoms with Gasteiger partial charge in [-0.05, 0) is 48.4 Å². The zero-order valence-corrected chi connectivity index (χ0v) is 17.9. The third-order valence-electron chi connectivity index (χ3n) is 5.31. The van der Waals surface area contributed by atoms with E-state index in [1.807, 2.05) is 53.2 Å². The number of nitrogens with zero attached hydrogens (tertiary/aromatic N) is 2. The summed E-state index contributed by atoms with van der Waals surface area (Å²) in [6, 6.07) is 22.5. The van der Waals surface area contributed by atoms with Crippen molar-refractivity contribution in [1.82, 2.24) is 9.78 Å². The van der Waals surface area contributed by atoms with Crippen LogP contribution in [0.15, 0.2) is 72.8 Å². The van der Waals surface area contributed by atoms with Crippen molar-refractivity contribution < 1.29 is 13.9 Å². The number of halogens is 1. The van der Waals surface area contributed by atoms with Gasteiger partial charge in [-0.25, -0.2) is 4.39 Å². The smallest absolute Gasteiger partial charge is 0.123 e. The first-order valence-corrected chi connectivity index (χ1v) is 10.3. The Labute approximate surface area is 181 Å². The number of rotatable bonds is 7. The predicted octanol–water partition coefficient (Wildman–Crippen LogP) is 5.98. The monoisotopic (exact) mass is 416 g/mol. The summed E-state index contributed by atoms with van der Waals surface area (Å²) in [5, 5.41) is 4.98. The quantitative estimate of drug-likeness (QED) is 0.372. The van der Waals surface area contributed by atoms with Gasteiger partial charge in [0.2, 0.25) is 0 Å². The Balaban J connectivity index is 1.91. The molecule has 0 amide bonds. The van der Waals surface area contributed by atoms with Gasteiger partial charge in [-0.15, -0.1) is 0 Å². The maximum absolute atomic E-state index is 13.8. The van der Waals surface area contributed by atoms with Crippen molar-refractivity contribution in [2.24, 2.45) is 0 Å². The van der Waals surface area contributed by atoms with Crippen molar-refractivity contribution in [3.05, 3.63) is 89.7 Å². The van der Waals surface area contributed by atoms with E-state index in [4.69, 9.17) is 14.6 Å². The van der Waals surface area contributed by atoms with E-state index in [0.717, 1.165) is 51.6 Å². The van der Waals surface area contributed by atoms with Gasteiger partial charge in [0, 0.05) is 16.7 Å². The van der Waals surface area contributed by atoms with Crippen molar-refractivity contribution in [3.63, 3.8) is 0 Å². The molecular weight excluding hydrogens is 391 g/mol. The molecule has 158 valence electrons. The van der Waals surface area contributed by atoms with Gasteiger partial charge in [-0.1, -0.05) is 43.3 Å². The van der Waals surface area contributed by atoms with Crippen LogP contribution < -0.4 is 9.47 Å². The molecule has 0 aliphatic carbocycles. The number of aromatic nitrogens is 2. The zero-order valence-electron chi connectivity index (χ0n) is 17.9. The van der Waals surface area contributed by atoms with Gasteiger partial charge in [-0.2, -0.15) is 5.10 Å². The standard InChI is InChI=1S/C26H25FN2O2/c1-4-24-25(19-9-6-12-22(15-19)30-2)28-29(17-18-8-5-11-21(27)14-18)26(24)20-10-7-13-23(16-20)31-3/h5-16H,4,17H2,1-3H3. The first kappa shape index (κ1) is 20.7. The van der Waals surface area contributed by atoms with Gasteiger partial charge in [0.05, 0.1) is 32.2 Å². The molecule has 5 heteroatoms. The Morgan fingerprint density at radius 2 is 1.48 bits per heavy atom. The molecule has 0 aliphatic rings. The van der Waals surface area contributed by atoms with Crippen LogP contribution in [0, 0.1) is 5.82 Å². The number of hydrogen-bond donors (Lipinski definition) is 0. The highest BCUT2D eigenvalue weighted by Crippen LogP contribution is 2.35. The lowest BCUT2D eigenvalue weighted by Gasteiger charge is -2.11.